The van der Waals surface area contributed by atoms with E-state index in [-0.39, 0.29) is 31.1 Å². The molecule has 0 unspecified atom stereocenters. The maximum absolute atomic E-state index is 12.9. The summed E-state index contributed by atoms with van der Waals surface area (Å²) in [5.74, 6) is 0.842. The molecule has 1 atom stereocenters. The van der Waals surface area contributed by atoms with Crippen molar-refractivity contribution in [2.75, 3.05) is 13.2 Å². The minimum atomic E-state index is -0.763. The molecule has 6 nitrogen and oxygen atoms in total. The Morgan fingerprint density at radius 2 is 0.493 bits per heavy atom. The highest BCUT2D eigenvalue weighted by atomic mass is 16.6. The lowest BCUT2D eigenvalue weighted by atomic mass is 10.0. The molecule has 0 saturated carbocycles. The van der Waals surface area contributed by atoms with Crippen LogP contribution in [0.3, 0.4) is 0 Å². The molecule has 67 heavy (non-hydrogen) atoms. The van der Waals surface area contributed by atoms with E-state index in [4.69, 9.17) is 14.2 Å². The first-order valence-corrected chi connectivity index (χ1v) is 30.2. The van der Waals surface area contributed by atoms with E-state index >= 15 is 0 Å². The highest BCUT2D eigenvalue weighted by Crippen LogP contribution is 2.18. The molecule has 0 saturated heterocycles. The summed E-state index contributed by atoms with van der Waals surface area (Å²) in [4.78, 5) is 38.2. The third kappa shape index (κ3) is 55.2. The van der Waals surface area contributed by atoms with Crippen LogP contribution in [0.5, 0.6) is 0 Å². The number of hydrogen-bond acceptors (Lipinski definition) is 6. The van der Waals surface area contributed by atoms with Crippen molar-refractivity contribution in [2.24, 2.45) is 11.8 Å². The molecule has 398 valence electrons. The van der Waals surface area contributed by atoms with E-state index in [9.17, 15) is 14.4 Å². The van der Waals surface area contributed by atoms with Crippen molar-refractivity contribution in [3.8, 4) is 0 Å². The van der Waals surface area contributed by atoms with Crippen LogP contribution in [-0.2, 0) is 28.6 Å². The van der Waals surface area contributed by atoms with Crippen molar-refractivity contribution in [2.45, 2.75) is 349 Å². The number of hydrogen-bond donors (Lipinski definition) is 0. The highest BCUT2D eigenvalue weighted by molar-refractivity contribution is 5.71. The quantitative estimate of drug-likeness (QED) is 0.0343. The predicted octanol–water partition coefficient (Wildman–Crippen LogP) is 20.0. The molecule has 0 radical (unpaired) electrons. The maximum Gasteiger partial charge on any atom is 0.306 e. The van der Waals surface area contributed by atoms with E-state index in [1.54, 1.807) is 0 Å². The van der Waals surface area contributed by atoms with Crippen LogP contribution in [0, 0.1) is 11.8 Å². The van der Waals surface area contributed by atoms with Gasteiger partial charge in [0.2, 0.25) is 0 Å². The molecule has 0 spiro atoms. The fourth-order valence-electron chi connectivity index (χ4n) is 9.40. The van der Waals surface area contributed by atoms with E-state index in [0.29, 0.717) is 19.3 Å². The molecular formula is C61H118O6. The molecule has 0 fully saturated rings. The summed E-state index contributed by atoms with van der Waals surface area (Å²) in [5.41, 5.74) is 0. The van der Waals surface area contributed by atoms with Crippen LogP contribution in [-0.4, -0.2) is 37.2 Å². The third-order valence-electron chi connectivity index (χ3n) is 14.0. The number of ether oxygens (including phenoxy) is 3. The molecule has 0 N–H and O–H groups in total. The monoisotopic (exact) mass is 947 g/mol. The third-order valence-corrected chi connectivity index (χ3v) is 14.0. The summed E-state index contributed by atoms with van der Waals surface area (Å²) in [5, 5.41) is 0. The molecule has 0 heterocycles. The fraction of sp³-hybridized carbons (Fsp3) is 0.951. The lowest BCUT2D eigenvalue weighted by molar-refractivity contribution is -0.167. The zero-order chi connectivity index (χ0) is 48.9. The summed E-state index contributed by atoms with van der Waals surface area (Å²) in [6, 6.07) is 0. The van der Waals surface area contributed by atoms with Gasteiger partial charge in [0.25, 0.3) is 0 Å². The molecule has 0 aliphatic carbocycles. The van der Waals surface area contributed by atoms with Gasteiger partial charge in [0, 0.05) is 19.3 Å². The Morgan fingerprint density at radius 1 is 0.284 bits per heavy atom. The van der Waals surface area contributed by atoms with Gasteiger partial charge in [-0.2, -0.15) is 0 Å². The van der Waals surface area contributed by atoms with Crippen molar-refractivity contribution in [3.05, 3.63) is 0 Å². The topological polar surface area (TPSA) is 78.9 Å². The van der Waals surface area contributed by atoms with E-state index in [2.05, 4.69) is 34.6 Å². The largest absolute Gasteiger partial charge is 0.462 e. The Balaban J connectivity index is 4.30. The Bertz CT molecular complexity index is 1020. The molecule has 0 aliphatic rings. The average molecular weight is 948 g/mol. The molecule has 0 aromatic heterocycles. The van der Waals surface area contributed by atoms with Gasteiger partial charge in [-0.3, -0.25) is 14.4 Å². The van der Waals surface area contributed by atoms with E-state index in [0.717, 1.165) is 69.6 Å². The van der Waals surface area contributed by atoms with Gasteiger partial charge in [0.15, 0.2) is 6.10 Å². The number of carbonyl (C=O) groups excluding carboxylic acids is 3. The molecule has 6 heteroatoms. The minimum Gasteiger partial charge on any atom is -0.462 e. The molecular weight excluding hydrogens is 829 g/mol. The minimum absolute atomic E-state index is 0.0623. The second-order valence-corrected chi connectivity index (χ2v) is 21.9. The molecule has 0 aromatic rings. The van der Waals surface area contributed by atoms with Crippen LogP contribution in [0.25, 0.3) is 0 Å². The lowest BCUT2D eigenvalue weighted by Crippen LogP contribution is -2.30. The van der Waals surface area contributed by atoms with Crippen molar-refractivity contribution in [3.63, 3.8) is 0 Å². The normalized spacial score (nSPS) is 12.0. The van der Waals surface area contributed by atoms with Crippen LogP contribution < -0.4 is 0 Å². The molecule has 0 rings (SSSR count). The van der Waals surface area contributed by atoms with Gasteiger partial charge in [0.1, 0.15) is 13.2 Å². The second-order valence-electron chi connectivity index (χ2n) is 21.9. The summed E-state index contributed by atoms with van der Waals surface area (Å²) >= 11 is 0. The SMILES string of the molecule is CCCCCCCCCCCCCCCCCCCC(=O)OC[C@@H](COC(=O)CCCCCCCCCCCCCCC(C)C)OC(=O)CCCCCCCCCCCCCCCCC(C)C. The molecule has 0 aromatic carbocycles. The van der Waals surface area contributed by atoms with Gasteiger partial charge < -0.3 is 14.2 Å². The van der Waals surface area contributed by atoms with E-state index < -0.39 is 6.10 Å². The van der Waals surface area contributed by atoms with Crippen LogP contribution >= 0.6 is 0 Å². The van der Waals surface area contributed by atoms with Crippen molar-refractivity contribution in [1.29, 1.82) is 0 Å². The zero-order valence-electron chi connectivity index (χ0n) is 46.0. The van der Waals surface area contributed by atoms with Gasteiger partial charge in [-0.25, -0.2) is 0 Å². The Labute approximate surface area is 418 Å². The first kappa shape index (κ1) is 65.4. The number of rotatable bonds is 55. The van der Waals surface area contributed by atoms with Gasteiger partial charge in [-0.1, -0.05) is 304 Å². The van der Waals surface area contributed by atoms with Crippen molar-refractivity contribution < 1.29 is 28.6 Å². The van der Waals surface area contributed by atoms with Gasteiger partial charge in [-0.05, 0) is 31.1 Å². The standard InChI is InChI=1S/C61H118O6/c1-6-7-8-9-10-11-12-13-14-15-16-20-26-31-36-41-46-51-59(62)65-54-58(55-66-60(63)52-47-42-37-32-27-23-22-25-30-35-40-45-50-57(4)5)67-61(64)53-48-43-38-33-28-21-18-17-19-24-29-34-39-44-49-56(2)3/h56-58H,6-55H2,1-5H3/t58-/m0/s1. The van der Waals surface area contributed by atoms with Crippen LogP contribution in [0.2, 0.25) is 0 Å². The Kier molecular flexibility index (Phi) is 52.5. The maximum atomic E-state index is 12.9. The van der Waals surface area contributed by atoms with Crippen LogP contribution in [0.4, 0.5) is 0 Å². The number of unbranched alkanes of at least 4 members (excludes halogenated alkanes) is 40. The highest BCUT2D eigenvalue weighted by Gasteiger charge is 2.19. The molecule has 0 amide bonds. The first-order valence-electron chi connectivity index (χ1n) is 30.2. The summed E-state index contributed by atoms with van der Waals surface area (Å²) in [6.07, 6.45) is 58.1. The molecule has 0 bridgehead atoms. The first-order chi connectivity index (χ1) is 32.7. The van der Waals surface area contributed by atoms with E-state index in [1.807, 2.05) is 0 Å². The molecule has 0 aliphatic heterocycles. The summed E-state index contributed by atoms with van der Waals surface area (Å²) in [6.45, 7) is 11.4. The number of carbonyl (C=O) groups is 3. The average Bonchev–Trinajstić information content (AvgIpc) is 3.30. The Morgan fingerprint density at radius 3 is 0.731 bits per heavy atom. The van der Waals surface area contributed by atoms with E-state index in [1.165, 1.54) is 231 Å². The Hall–Kier alpha value is -1.59. The predicted molar refractivity (Wildman–Crippen MR) is 289 cm³/mol. The van der Waals surface area contributed by atoms with Crippen molar-refractivity contribution >= 4 is 17.9 Å². The second kappa shape index (κ2) is 53.8. The van der Waals surface area contributed by atoms with Gasteiger partial charge >= 0.3 is 17.9 Å². The van der Waals surface area contributed by atoms with Crippen molar-refractivity contribution in [1.82, 2.24) is 0 Å². The smallest absolute Gasteiger partial charge is 0.306 e. The lowest BCUT2D eigenvalue weighted by Gasteiger charge is -2.18. The van der Waals surface area contributed by atoms with Gasteiger partial charge in [0.05, 0.1) is 0 Å². The van der Waals surface area contributed by atoms with Gasteiger partial charge in [-0.15, -0.1) is 0 Å². The summed E-state index contributed by atoms with van der Waals surface area (Å²) < 4.78 is 16.9. The van der Waals surface area contributed by atoms with Crippen LogP contribution in [0.15, 0.2) is 0 Å². The summed E-state index contributed by atoms with van der Waals surface area (Å²) in [7, 11) is 0. The van der Waals surface area contributed by atoms with Crippen LogP contribution in [0.1, 0.15) is 343 Å². The zero-order valence-corrected chi connectivity index (χ0v) is 46.0. The number of esters is 3. The fourth-order valence-corrected chi connectivity index (χ4v) is 9.40.